The summed E-state index contributed by atoms with van der Waals surface area (Å²) in [6.07, 6.45) is 2.03. The van der Waals surface area contributed by atoms with Crippen molar-refractivity contribution in [3.63, 3.8) is 0 Å². The highest BCUT2D eigenvalue weighted by molar-refractivity contribution is 8.00. The number of carbonyl (C=O) groups is 1. The van der Waals surface area contributed by atoms with E-state index in [1.54, 1.807) is 11.8 Å². The minimum Gasteiger partial charge on any atom is -0.478 e. The van der Waals surface area contributed by atoms with Crippen LogP contribution in [0, 0.1) is 0 Å². The van der Waals surface area contributed by atoms with Crippen LogP contribution in [0.1, 0.15) is 19.4 Å². The number of carboxylic acid groups (broad SMARTS) is 1. The second-order valence-corrected chi connectivity index (χ2v) is 7.78. The van der Waals surface area contributed by atoms with Crippen molar-refractivity contribution < 1.29 is 14.6 Å². The lowest BCUT2D eigenvalue weighted by molar-refractivity contribution is -0.133. The summed E-state index contributed by atoms with van der Waals surface area (Å²) in [5.74, 6) is 1.13. The largest absolute Gasteiger partial charge is 0.478 e. The zero-order chi connectivity index (χ0) is 18.5. The average Bonchev–Trinajstić information content (AvgIpc) is 2.65. The molecule has 1 saturated heterocycles. The lowest BCUT2D eigenvalue weighted by Crippen LogP contribution is -2.47. The molecule has 1 aromatic rings. The van der Waals surface area contributed by atoms with Crippen LogP contribution < -0.4 is 0 Å². The van der Waals surface area contributed by atoms with Crippen LogP contribution >= 0.6 is 11.8 Å². The molecule has 0 aromatic heterocycles. The van der Waals surface area contributed by atoms with E-state index in [1.165, 1.54) is 5.56 Å². The summed E-state index contributed by atoms with van der Waals surface area (Å²) in [5, 5.41) is 9.63. The molecule has 3 rings (SSSR count). The normalized spacial score (nSPS) is 21.0. The Balaban J connectivity index is 2.00. The maximum atomic E-state index is 12.0. The Kier molecular flexibility index (Phi) is 6.27. The van der Waals surface area contributed by atoms with E-state index in [-0.39, 0.29) is 5.37 Å². The van der Waals surface area contributed by atoms with Crippen LogP contribution in [0.15, 0.2) is 53.4 Å². The Morgan fingerprint density at radius 1 is 1.27 bits per heavy atom. The second kappa shape index (κ2) is 8.64. The number of carboxylic acids is 1. The number of hydrogen-bond donors (Lipinski definition) is 1. The molecule has 1 unspecified atom stereocenters. The van der Waals surface area contributed by atoms with Gasteiger partial charge >= 0.3 is 5.97 Å². The van der Waals surface area contributed by atoms with Crippen molar-refractivity contribution in [3.05, 3.63) is 58.9 Å². The van der Waals surface area contributed by atoms with Gasteiger partial charge in [0.25, 0.3) is 0 Å². The summed E-state index contributed by atoms with van der Waals surface area (Å²) in [6, 6.07) is 10.2. The summed E-state index contributed by atoms with van der Waals surface area (Å²) >= 11 is 1.68. The van der Waals surface area contributed by atoms with Crippen LogP contribution in [-0.2, 0) is 16.1 Å². The molecule has 0 saturated carbocycles. The van der Waals surface area contributed by atoms with E-state index in [0.29, 0.717) is 25.3 Å². The highest BCUT2D eigenvalue weighted by Gasteiger charge is 2.35. The van der Waals surface area contributed by atoms with Gasteiger partial charge in [-0.05, 0) is 29.9 Å². The summed E-state index contributed by atoms with van der Waals surface area (Å²) in [5.41, 5.74) is 2.51. The van der Waals surface area contributed by atoms with Crippen LogP contribution in [-0.4, -0.2) is 58.3 Å². The number of morpholine rings is 1. The highest BCUT2D eigenvalue weighted by Crippen LogP contribution is 2.36. The molecule has 1 aromatic carbocycles. The third-order valence-corrected chi connectivity index (χ3v) is 5.82. The quantitative estimate of drug-likeness (QED) is 0.826. The maximum Gasteiger partial charge on any atom is 0.334 e. The van der Waals surface area contributed by atoms with Crippen molar-refractivity contribution in [1.82, 2.24) is 9.80 Å². The van der Waals surface area contributed by atoms with Crippen molar-refractivity contribution in [1.29, 1.82) is 0 Å². The third kappa shape index (κ3) is 4.07. The lowest BCUT2D eigenvalue weighted by atomic mass is 10.0. The molecule has 0 radical (unpaired) electrons. The summed E-state index contributed by atoms with van der Waals surface area (Å²) in [7, 11) is 0. The molecule has 1 N–H and O–H groups in total. The molecule has 2 aliphatic rings. The Morgan fingerprint density at radius 3 is 2.58 bits per heavy atom. The van der Waals surface area contributed by atoms with Gasteiger partial charge in [-0.2, -0.15) is 0 Å². The Morgan fingerprint density at radius 2 is 1.96 bits per heavy atom. The number of aliphatic carboxylic acids is 1. The molecule has 0 aliphatic carbocycles. The van der Waals surface area contributed by atoms with Gasteiger partial charge in [0.05, 0.1) is 18.8 Å². The van der Waals surface area contributed by atoms with E-state index < -0.39 is 5.97 Å². The number of rotatable bonds is 6. The fourth-order valence-corrected chi connectivity index (χ4v) is 4.57. The van der Waals surface area contributed by atoms with Gasteiger partial charge in [-0.1, -0.05) is 37.3 Å². The molecule has 1 fully saturated rings. The first-order valence-electron chi connectivity index (χ1n) is 9.02. The Bertz CT molecular complexity index is 696. The smallest absolute Gasteiger partial charge is 0.334 e. The first-order chi connectivity index (χ1) is 12.6. The van der Waals surface area contributed by atoms with Gasteiger partial charge in [-0.3, -0.25) is 0 Å². The Hall–Kier alpha value is -1.92. The van der Waals surface area contributed by atoms with Crippen LogP contribution in [0.4, 0.5) is 0 Å². The molecule has 5 nitrogen and oxygen atoms in total. The molecule has 6 heteroatoms. The van der Waals surface area contributed by atoms with Gasteiger partial charge in [0.15, 0.2) is 0 Å². The lowest BCUT2D eigenvalue weighted by Gasteiger charge is -2.44. The van der Waals surface area contributed by atoms with Crippen LogP contribution in [0.3, 0.4) is 0 Å². The van der Waals surface area contributed by atoms with Gasteiger partial charge < -0.3 is 19.6 Å². The molecule has 1 atom stereocenters. The summed E-state index contributed by atoms with van der Waals surface area (Å²) in [4.78, 5) is 16.5. The summed E-state index contributed by atoms with van der Waals surface area (Å²) in [6.45, 7) is 7.74. The number of ether oxygens (including phenoxy) is 1. The van der Waals surface area contributed by atoms with E-state index >= 15 is 0 Å². The predicted octanol–water partition coefficient (Wildman–Crippen LogP) is 3.16. The van der Waals surface area contributed by atoms with Gasteiger partial charge in [-0.15, -0.1) is 11.8 Å². The molecular formula is C20H26N2O3S. The SMILES string of the molecule is CCSC1C(C(=O)O)=C(C)C=C(N2CCOCC2)N1Cc1ccccc1. The Labute approximate surface area is 159 Å². The minimum absolute atomic E-state index is 0.194. The van der Waals surface area contributed by atoms with Gasteiger partial charge in [0.1, 0.15) is 11.2 Å². The van der Waals surface area contributed by atoms with Crippen LogP contribution in [0.5, 0.6) is 0 Å². The highest BCUT2D eigenvalue weighted by atomic mass is 32.2. The fourth-order valence-electron chi connectivity index (χ4n) is 3.44. The number of thioether (sulfide) groups is 1. The number of hydrogen-bond acceptors (Lipinski definition) is 5. The number of allylic oxidation sites excluding steroid dienone is 2. The van der Waals surface area contributed by atoms with Crippen molar-refractivity contribution in [2.24, 2.45) is 0 Å². The monoisotopic (exact) mass is 374 g/mol. The maximum absolute atomic E-state index is 12.0. The van der Waals surface area contributed by atoms with Gasteiger partial charge in [0, 0.05) is 19.6 Å². The van der Waals surface area contributed by atoms with Crippen LogP contribution in [0.2, 0.25) is 0 Å². The van der Waals surface area contributed by atoms with Crippen LogP contribution in [0.25, 0.3) is 0 Å². The van der Waals surface area contributed by atoms with Crippen molar-refractivity contribution >= 4 is 17.7 Å². The molecule has 0 bridgehead atoms. The number of nitrogens with zero attached hydrogens (tertiary/aromatic N) is 2. The zero-order valence-electron chi connectivity index (χ0n) is 15.4. The third-order valence-electron chi connectivity index (χ3n) is 4.68. The minimum atomic E-state index is -0.830. The summed E-state index contributed by atoms with van der Waals surface area (Å²) < 4.78 is 5.51. The van der Waals surface area contributed by atoms with E-state index in [9.17, 15) is 9.90 Å². The second-order valence-electron chi connectivity index (χ2n) is 6.42. The van der Waals surface area contributed by atoms with Crippen molar-refractivity contribution in [2.75, 3.05) is 32.1 Å². The van der Waals surface area contributed by atoms with E-state index in [1.807, 2.05) is 31.2 Å². The molecule has 2 aliphatic heterocycles. The average molecular weight is 375 g/mol. The molecule has 0 spiro atoms. The standard InChI is InChI=1S/C20H26N2O3S/c1-3-26-19-18(20(23)24)15(2)13-17(21-9-11-25-12-10-21)22(19)14-16-7-5-4-6-8-16/h4-8,13,19H,3,9-12,14H2,1-2H3,(H,23,24). The molecular weight excluding hydrogens is 348 g/mol. The van der Waals surface area contributed by atoms with Gasteiger partial charge in [-0.25, -0.2) is 4.79 Å². The first-order valence-corrected chi connectivity index (χ1v) is 10.1. The molecule has 0 amide bonds. The molecule has 140 valence electrons. The van der Waals surface area contributed by atoms with Crippen molar-refractivity contribution in [3.8, 4) is 0 Å². The van der Waals surface area contributed by atoms with E-state index in [0.717, 1.165) is 30.2 Å². The molecule has 26 heavy (non-hydrogen) atoms. The van der Waals surface area contributed by atoms with E-state index in [2.05, 4.69) is 28.9 Å². The topological polar surface area (TPSA) is 53.0 Å². The fraction of sp³-hybridized carbons (Fsp3) is 0.450. The first kappa shape index (κ1) is 18.9. The number of benzene rings is 1. The van der Waals surface area contributed by atoms with E-state index in [4.69, 9.17) is 4.74 Å². The predicted molar refractivity (Wildman–Crippen MR) is 105 cm³/mol. The van der Waals surface area contributed by atoms with Crippen molar-refractivity contribution in [2.45, 2.75) is 25.8 Å². The molecule has 2 heterocycles. The zero-order valence-corrected chi connectivity index (χ0v) is 16.2. The van der Waals surface area contributed by atoms with Gasteiger partial charge in [0.2, 0.25) is 0 Å².